The summed E-state index contributed by atoms with van der Waals surface area (Å²) in [5, 5.41) is 7.02. The van der Waals surface area contributed by atoms with Crippen LogP contribution in [-0.2, 0) is 4.79 Å². The van der Waals surface area contributed by atoms with Gasteiger partial charge in [-0.2, -0.15) is 0 Å². The van der Waals surface area contributed by atoms with E-state index in [1.807, 2.05) is 97.1 Å². The second-order valence-electron chi connectivity index (χ2n) is 9.33. The van der Waals surface area contributed by atoms with Crippen molar-refractivity contribution < 1.29 is 9.53 Å². The number of anilines is 2. The third kappa shape index (κ3) is 5.30. The van der Waals surface area contributed by atoms with Gasteiger partial charge in [-0.1, -0.05) is 42.5 Å². The third-order valence-electron chi connectivity index (χ3n) is 6.76. The number of nitrogens with zero attached hydrogens (tertiary/aromatic N) is 3. The fraction of sp³-hybridized carbons (Fsp3) is 0.0938. The van der Waals surface area contributed by atoms with E-state index in [4.69, 9.17) is 17.0 Å². The number of pyridine rings is 1. The maximum absolute atomic E-state index is 12.5. The number of benzene rings is 3. The Kier molecular flexibility index (Phi) is 7.24. The minimum atomic E-state index is -0.233. The van der Waals surface area contributed by atoms with Gasteiger partial charge in [0.15, 0.2) is 11.7 Å². The van der Waals surface area contributed by atoms with Crippen molar-refractivity contribution in [2.45, 2.75) is 12.1 Å². The maximum Gasteiger partial charge on any atom is 0.262 e. The van der Waals surface area contributed by atoms with Crippen LogP contribution >= 0.6 is 12.2 Å². The summed E-state index contributed by atoms with van der Waals surface area (Å²) in [6, 6.07) is 36.9. The summed E-state index contributed by atoms with van der Waals surface area (Å²) in [7, 11) is 0. The Hall–Kier alpha value is -4.95. The number of nitrogens with one attached hydrogen (secondary N) is 2. The first-order valence-corrected chi connectivity index (χ1v) is 13.4. The molecule has 3 aromatic carbocycles. The van der Waals surface area contributed by atoms with Crippen molar-refractivity contribution >= 4 is 34.6 Å². The smallest absolute Gasteiger partial charge is 0.262 e. The van der Waals surface area contributed by atoms with Crippen LogP contribution in [0.4, 0.5) is 11.4 Å². The number of ether oxygens (including phenoxy) is 1. The largest absolute Gasteiger partial charge is 0.484 e. The lowest BCUT2D eigenvalue weighted by Gasteiger charge is -2.29. The fourth-order valence-corrected chi connectivity index (χ4v) is 5.31. The standard InChI is InChI=1S/C32H27N5O2S/c38-29(22-39-26-12-5-2-6-13-26)34-23-16-18-25(19-17-23)37-31(30(35-32(37)40)27-14-7-8-20-33-27)28-15-9-21-36(28)24-10-3-1-4-11-24/h1-21,30-31H,22H2,(H,34,38)(H,35,40)/t30-,31+/m1/s1. The molecule has 1 saturated heterocycles. The molecule has 0 bridgehead atoms. The first-order chi connectivity index (χ1) is 19.7. The zero-order valence-electron chi connectivity index (χ0n) is 21.6. The van der Waals surface area contributed by atoms with Crippen molar-refractivity contribution in [1.82, 2.24) is 14.9 Å². The van der Waals surface area contributed by atoms with Crippen LogP contribution in [0.15, 0.2) is 128 Å². The number of carbonyl (C=O) groups is 1. The van der Waals surface area contributed by atoms with E-state index in [-0.39, 0.29) is 24.6 Å². The Morgan fingerprint density at radius 2 is 1.57 bits per heavy atom. The molecule has 7 nitrogen and oxygen atoms in total. The van der Waals surface area contributed by atoms with E-state index in [0.717, 1.165) is 22.8 Å². The lowest BCUT2D eigenvalue weighted by molar-refractivity contribution is -0.118. The molecule has 0 aliphatic carbocycles. The zero-order valence-corrected chi connectivity index (χ0v) is 22.4. The molecule has 198 valence electrons. The molecule has 2 aromatic heterocycles. The van der Waals surface area contributed by atoms with Crippen LogP contribution in [0.3, 0.4) is 0 Å². The molecule has 0 unspecified atom stereocenters. The molecule has 3 heterocycles. The molecule has 1 amide bonds. The van der Waals surface area contributed by atoms with Gasteiger partial charge in [0.25, 0.3) is 5.91 Å². The van der Waals surface area contributed by atoms with Gasteiger partial charge >= 0.3 is 0 Å². The third-order valence-corrected chi connectivity index (χ3v) is 7.07. The van der Waals surface area contributed by atoms with Crippen molar-refractivity contribution in [2.75, 3.05) is 16.8 Å². The first-order valence-electron chi connectivity index (χ1n) is 13.0. The van der Waals surface area contributed by atoms with Crippen molar-refractivity contribution in [1.29, 1.82) is 0 Å². The Morgan fingerprint density at radius 3 is 2.30 bits per heavy atom. The molecule has 0 saturated carbocycles. The van der Waals surface area contributed by atoms with Crippen LogP contribution in [0, 0.1) is 0 Å². The molecule has 6 rings (SSSR count). The summed E-state index contributed by atoms with van der Waals surface area (Å²) in [6.07, 6.45) is 3.87. The summed E-state index contributed by atoms with van der Waals surface area (Å²) in [5.41, 5.74) is 4.62. The van der Waals surface area contributed by atoms with E-state index in [2.05, 4.69) is 49.5 Å². The lowest BCUT2D eigenvalue weighted by Crippen LogP contribution is -2.30. The van der Waals surface area contributed by atoms with Crippen LogP contribution < -0.4 is 20.3 Å². The predicted molar refractivity (Wildman–Crippen MR) is 161 cm³/mol. The highest BCUT2D eigenvalue weighted by atomic mass is 32.1. The van der Waals surface area contributed by atoms with Gasteiger partial charge in [-0.15, -0.1) is 0 Å². The maximum atomic E-state index is 12.5. The highest BCUT2D eigenvalue weighted by Crippen LogP contribution is 2.42. The molecule has 1 aliphatic rings. The lowest BCUT2D eigenvalue weighted by atomic mass is 10.0. The van der Waals surface area contributed by atoms with E-state index in [1.165, 1.54) is 0 Å². The second-order valence-corrected chi connectivity index (χ2v) is 9.72. The average molecular weight is 546 g/mol. The quantitative estimate of drug-likeness (QED) is 0.231. The van der Waals surface area contributed by atoms with Gasteiger partial charge < -0.3 is 24.8 Å². The summed E-state index contributed by atoms with van der Waals surface area (Å²) in [4.78, 5) is 19.2. The normalized spacial score (nSPS) is 16.4. The van der Waals surface area contributed by atoms with E-state index in [0.29, 0.717) is 16.5 Å². The van der Waals surface area contributed by atoms with E-state index in [1.54, 1.807) is 6.20 Å². The van der Waals surface area contributed by atoms with Crippen molar-refractivity contribution in [3.63, 3.8) is 0 Å². The number of thiocarbonyl (C=S) groups is 1. The number of hydrogen-bond acceptors (Lipinski definition) is 4. The molecule has 2 atom stereocenters. The van der Waals surface area contributed by atoms with Gasteiger partial charge in [0.2, 0.25) is 0 Å². The minimum absolute atomic E-state index is 0.0732. The van der Waals surface area contributed by atoms with Gasteiger partial charge in [-0.3, -0.25) is 9.78 Å². The number of aromatic nitrogens is 2. The van der Waals surface area contributed by atoms with Crippen LogP contribution in [0.1, 0.15) is 23.5 Å². The van der Waals surface area contributed by atoms with Gasteiger partial charge in [-0.05, 0) is 85.0 Å². The van der Waals surface area contributed by atoms with Crippen molar-refractivity contribution in [3.05, 3.63) is 139 Å². The molecule has 40 heavy (non-hydrogen) atoms. The molecule has 0 radical (unpaired) electrons. The Morgan fingerprint density at radius 1 is 0.850 bits per heavy atom. The topological polar surface area (TPSA) is 71.4 Å². The van der Waals surface area contributed by atoms with E-state index < -0.39 is 0 Å². The molecular weight excluding hydrogens is 518 g/mol. The monoisotopic (exact) mass is 545 g/mol. The highest BCUT2D eigenvalue weighted by molar-refractivity contribution is 7.80. The van der Waals surface area contributed by atoms with Gasteiger partial charge in [-0.25, -0.2) is 0 Å². The number of rotatable bonds is 8. The van der Waals surface area contributed by atoms with Crippen LogP contribution in [0.25, 0.3) is 5.69 Å². The molecule has 1 fully saturated rings. The van der Waals surface area contributed by atoms with E-state index >= 15 is 0 Å². The Balaban J connectivity index is 1.27. The molecule has 2 N–H and O–H groups in total. The summed E-state index contributed by atoms with van der Waals surface area (Å²) < 4.78 is 7.75. The number of hydrogen-bond donors (Lipinski definition) is 2. The first kappa shape index (κ1) is 25.3. The summed E-state index contributed by atoms with van der Waals surface area (Å²) >= 11 is 5.89. The predicted octanol–water partition coefficient (Wildman–Crippen LogP) is 6.07. The number of amides is 1. The van der Waals surface area contributed by atoms with Crippen molar-refractivity contribution in [3.8, 4) is 11.4 Å². The summed E-state index contributed by atoms with van der Waals surface area (Å²) in [5.74, 6) is 0.417. The molecule has 5 aromatic rings. The Labute approximate surface area is 238 Å². The Bertz CT molecular complexity index is 1590. The summed E-state index contributed by atoms with van der Waals surface area (Å²) in [6.45, 7) is -0.0732. The zero-order chi connectivity index (χ0) is 27.3. The molecular formula is C32H27N5O2S. The molecule has 1 aliphatic heterocycles. The second kappa shape index (κ2) is 11.4. The SMILES string of the molecule is O=C(COc1ccccc1)Nc1ccc(N2C(=S)N[C@H](c3ccccn3)[C@@H]2c2cccn2-c2ccccc2)cc1. The van der Waals surface area contributed by atoms with Gasteiger partial charge in [0.1, 0.15) is 11.8 Å². The van der Waals surface area contributed by atoms with Crippen LogP contribution in [0.5, 0.6) is 5.75 Å². The van der Waals surface area contributed by atoms with Gasteiger partial charge in [0, 0.05) is 35.1 Å². The van der Waals surface area contributed by atoms with Crippen LogP contribution in [0.2, 0.25) is 0 Å². The number of carbonyl (C=O) groups excluding carboxylic acids is 1. The molecule has 8 heteroatoms. The fourth-order valence-electron chi connectivity index (χ4n) is 4.96. The number of para-hydroxylation sites is 2. The average Bonchev–Trinajstić information content (AvgIpc) is 3.62. The van der Waals surface area contributed by atoms with Crippen LogP contribution in [-0.4, -0.2) is 27.2 Å². The molecule has 0 spiro atoms. The van der Waals surface area contributed by atoms with Crippen molar-refractivity contribution in [2.24, 2.45) is 0 Å². The minimum Gasteiger partial charge on any atom is -0.484 e. The van der Waals surface area contributed by atoms with Gasteiger partial charge in [0.05, 0.1) is 11.7 Å². The highest BCUT2D eigenvalue weighted by Gasteiger charge is 2.42. The van der Waals surface area contributed by atoms with E-state index in [9.17, 15) is 4.79 Å².